The highest BCUT2D eigenvalue weighted by atomic mass is 79.9. The summed E-state index contributed by atoms with van der Waals surface area (Å²) < 4.78 is 7.34. The topological polar surface area (TPSA) is 29.5 Å². The standard InChI is InChI=1S/C21H27BrO2Si/c1-16(22)20(23)17(2)24-25(21(3,4)5,18-12-8-6-9-13-18)19-14-10-7-11-15-19/h6-15,17,20,23H,1H2,2-5H3/t17-,20+/m0/s1. The molecule has 0 spiro atoms. The first-order chi connectivity index (χ1) is 11.7. The van der Waals surface area contributed by atoms with Crippen molar-refractivity contribution in [3.8, 4) is 0 Å². The molecule has 2 nitrogen and oxygen atoms in total. The zero-order valence-corrected chi connectivity index (χ0v) is 18.0. The maximum atomic E-state index is 10.5. The summed E-state index contributed by atoms with van der Waals surface area (Å²) in [4.78, 5) is 0. The molecule has 0 aliphatic carbocycles. The van der Waals surface area contributed by atoms with Gasteiger partial charge in [-0.2, -0.15) is 0 Å². The minimum absolute atomic E-state index is 0.114. The summed E-state index contributed by atoms with van der Waals surface area (Å²) in [6.07, 6.45) is -1.14. The summed E-state index contributed by atoms with van der Waals surface area (Å²) in [5.74, 6) is 0. The molecule has 0 radical (unpaired) electrons. The van der Waals surface area contributed by atoms with Gasteiger partial charge in [-0.25, -0.2) is 0 Å². The molecule has 0 bridgehead atoms. The number of aliphatic hydroxyl groups is 1. The third kappa shape index (κ3) is 4.14. The van der Waals surface area contributed by atoms with Crippen LogP contribution < -0.4 is 10.4 Å². The van der Waals surface area contributed by atoms with Crippen molar-refractivity contribution < 1.29 is 9.53 Å². The van der Waals surface area contributed by atoms with Crippen LogP contribution in [-0.2, 0) is 4.43 Å². The average molecular weight is 419 g/mol. The van der Waals surface area contributed by atoms with Crippen molar-refractivity contribution >= 4 is 34.6 Å². The van der Waals surface area contributed by atoms with Crippen molar-refractivity contribution in [2.75, 3.05) is 0 Å². The first-order valence-electron chi connectivity index (χ1n) is 8.51. The number of halogens is 1. The number of hydrogen-bond donors (Lipinski definition) is 1. The molecule has 0 amide bonds. The summed E-state index contributed by atoms with van der Waals surface area (Å²) in [7, 11) is -2.64. The predicted molar refractivity (Wildman–Crippen MR) is 112 cm³/mol. The Bertz CT molecular complexity index is 655. The highest BCUT2D eigenvalue weighted by Gasteiger charge is 2.51. The van der Waals surface area contributed by atoms with Gasteiger partial charge in [0.1, 0.15) is 6.10 Å². The van der Waals surface area contributed by atoms with Crippen LogP contribution in [0.3, 0.4) is 0 Å². The fourth-order valence-corrected chi connectivity index (χ4v) is 8.36. The van der Waals surface area contributed by atoms with Crippen LogP contribution in [0.5, 0.6) is 0 Å². The molecule has 0 fully saturated rings. The van der Waals surface area contributed by atoms with Gasteiger partial charge in [-0.15, -0.1) is 0 Å². The Hall–Kier alpha value is -1.20. The van der Waals surface area contributed by atoms with Gasteiger partial charge in [0.25, 0.3) is 8.32 Å². The molecule has 0 aliphatic heterocycles. The lowest BCUT2D eigenvalue weighted by Gasteiger charge is -2.45. The van der Waals surface area contributed by atoms with Gasteiger partial charge < -0.3 is 9.53 Å². The Morgan fingerprint density at radius 3 is 1.72 bits per heavy atom. The first-order valence-corrected chi connectivity index (χ1v) is 11.2. The molecule has 0 aromatic heterocycles. The van der Waals surface area contributed by atoms with E-state index < -0.39 is 14.4 Å². The van der Waals surface area contributed by atoms with Crippen molar-refractivity contribution in [3.63, 3.8) is 0 Å². The lowest BCUT2D eigenvalue weighted by atomic mass is 10.2. The molecule has 4 heteroatoms. The van der Waals surface area contributed by atoms with Gasteiger partial charge in [-0.1, -0.05) is 104 Å². The fraction of sp³-hybridized carbons (Fsp3) is 0.333. The number of aliphatic hydroxyl groups excluding tert-OH is 1. The summed E-state index contributed by atoms with van der Waals surface area (Å²) in [6, 6.07) is 20.8. The van der Waals surface area contributed by atoms with Crippen molar-refractivity contribution in [3.05, 3.63) is 71.7 Å². The fourth-order valence-electron chi connectivity index (χ4n) is 3.29. The summed E-state index contributed by atoms with van der Waals surface area (Å²) in [5, 5.41) is 12.8. The average Bonchev–Trinajstić information content (AvgIpc) is 2.59. The molecule has 2 rings (SSSR count). The molecule has 0 saturated carbocycles. The van der Waals surface area contributed by atoms with E-state index in [1.165, 1.54) is 10.4 Å². The van der Waals surface area contributed by atoms with E-state index in [9.17, 15) is 5.11 Å². The normalized spacial score (nSPS) is 14.8. The molecule has 25 heavy (non-hydrogen) atoms. The summed E-state index contributed by atoms with van der Waals surface area (Å²) >= 11 is 3.30. The van der Waals surface area contributed by atoms with Crippen molar-refractivity contribution in [2.24, 2.45) is 0 Å². The molecular formula is C21H27BrO2Si. The van der Waals surface area contributed by atoms with E-state index in [2.05, 4.69) is 91.8 Å². The molecule has 0 heterocycles. The lowest BCUT2D eigenvalue weighted by molar-refractivity contribution is 0.0708. The van der Waals surface area contributed by atoms with Gasteiger partial charge in [0.05, 0.1) is 6.10 Å². The summed E-state index contributed by atoms with van der Waals surface area (Å²) in [6.45, 7) is 12.4. The maximum Gasteiger partial charge on any atom is 0.261 e. The zero-order valence-electron chi connectivity index (χ0n) is 15.4. The van der Waals surface area contributed by atoms with E-state index in [1.54, 1.807) is 0 Å². The Morgan fingerprint density at radius 2 is 1.40 bits per heavy atom. The largest absolute Gasteiger partial charge is 0.402 e. The predicted octanol–water partition coefficient (Wildman–Crippen LogP) is 4.22. The van der Waals surface area contributed by atoms with Crippen LogP contribution >= 0.6 is 15.9 Å². The van der Waals surface area contributed by atoms with E-state index in [1.807, 2.05) is 19.1 Å². The number of benzene rings is 2. The van der Waals surface area contributed by atoms with E-state index in [-0.39, 0.29) is 11.1 Å². The molecule has 2 atom stereocenters. The Labute approximate surface area is 160 Å². The highest BCUT2D eigenvalue weighted by Crippen LogP contribution is 2.38. The van der Waals surface area contributed by atoms with Crippen molar-refractivity contribution in [1.82, 2.24) is 0 Å². The van der Waals surface area contributed by atoms with Gasteiger partial charge in [-0.05, 0) is 22.3 Å². The van der Waals surface area contributed by atoms with Crippen LogP contribution in [0.2, 0.25) is 5.04 Å². The number of rotatable bonds is 6. The maximum absolute atomic E-state index is 10.5. The van der Waals surface area contributed by atoms with E-state index in [0.29, 0.717) is 4.48 Å². The molecule has 1 N–H and O–H groups in total. The lowest BCUT2D eigenvalue weighted by Crippen LogP contribution is -2.68. The van der Waals surface area contributed by atoms with E-state index in [4.69, 9.17) is 4.43 Å². The zero-order chi connectivity index (χ0) is 18.7. The highest BCUT2D eigenvalue weighted by molar-refractivity contribution is 9.11. The molecule has 0 saturated heterocycles. The Kier molecular flexibility index (Phi) is 6.44. The molecule has 2 aromatic carbocycles. The van der Waals surface area contributed by atoms with Crippen LogP contribution in [0.25, 0.3) is 0 Å². The van der Waals surface area contributed by atoms with Gasteiger partial charge in [0.15, 0.2) is 0 Å². The van der Waals surface area contributed by atoms with Crippen LogP contribution in [0.4, 0.5) is 0 Å². The van der Waals surface area contributed by atoms with Crippen LogP contribution in [-0.4, -0.2) is 25.6 Å². The van der Waals surface area contributed by atoms with E-state index in [0.717, 1.165) is 0 Å². The third-order valence-electron chi connectivity index (χ3n) is 4.55. The van der Waals surface area contributed by atoms with E-state index >= 15 is 0 Å². The summed E-state index contributed by atoms with van der Waals surface area (Å²) in [5.41, 5.74) is 0. The van der Waals surface area contributed by atoms with Crippen LogP contribution in [0, 0.1) is 0 Å². The Morgan fingerprint density at radius 1 is 1.00 bits per heavy atom. The molecule has 134 valence electrons. The molecule has 0 aliphatic rings. The minimum atomic E-state index is -2.64. The second-order valence-corrected chi connectivity index (χ2v) is 12.6. The van der Waals surface area contributed by atoms with Crippen LogP contribution in [0.15, 0.2) is 71.7 Å². The van der Waals surface area contributed by atoms with Gasteiger partial charge in [-0.3, -0.25) is 0 Å². The second kappa shape index (κ2) is 8.00. The van der Waals surface area contributed by atoms with Crippen LogP contribution in [0.1, 0.15) is 27.7 Å². The quantitative estimate of drug-likeness (QED) is 0.711. The van der Waals surface area contributed by atoms with Gasteiger partial charge in [0.2, 0.25) is 0 Å². The monoisotopic (exact) mass is 418 g/mol. The second-order valence-electron chi connectivity index (χ2n) is 7.38. The minimum Gasteiger partial charge on any atom is -0.402 e. The SMILES string of the molecule is C=C(Br)[C@@H](O)[C@H](C)O[Si](c1ccccc1)(c1ccccc1)C(C)(C)C. The van der Waals surface area contributed by atoms with Gasteiger partial charge >= 0.3 is 0 Å². The number of hydrogen-bond acceptors (Lipinski definition) is 2. The third-order valence-corrected chi connectivity index (χ3v) is 10.1. The smallest absolute Gasteiger partial charge is 0.261 e. The van der Waals surface area contributed by atoms with Crippen molar-refractivity contribution in [1.29, 1.82) is 0 Å². The van der Waals surface area contributed by atoms with Crippen molar-refractivity contribution in [2.45, 2.75) is 44.9 Å². The Balaban J connectivity index is 2.67. The van der Waals surface area contributed by atoms with Gasteiger partial charge in [0, 0.05) is 4.48 Å². The molecule has 0 unspecified atom stereocenters. The molecular weight excluding hydrogens is 392 g/mol. The first kappa shape index (κ1) is 20.1. The molecule has 2 aromatic rings.